The highest BCUT2D eigenvalue weighted by Gasteiger charge is 2.11. The van der Waals surface area contributed by atoms with E-state index in [1.54, 1.807) is 13.3 Å². The Kier molecular flexibility index (Phi) is 5.22. The minimum atomic E-state index is 0.223. The number of methoxy groups -OCH3 is 1. The quantitative estimate of drug-likeness (QED) is 0.851. The van der Waals surface area contributed by atoms with Gasteiger partial charge in [0.05, 0.1) is 13.7 Å². The number of nitrogens with one attached hydrogen (secondary N) is 1. The predicted octanol–water partition coefficient (Wildman–Crippen LogP) is 2.56. The summed E-state index contributed by atoms with van der Waals surface area (Å²) in [5.74, 6) is 2.65. The third kappa shape index (κ3) is 3.76. The Morgan fingerprint density at radius 2 is 2.19 bits per heavy atom. The molecule has 5 heteroatoms. The topological polar surface area (TPSA) is 48.3 Å². The van der Waals surface area contributed by atoms with E-state index in [1.807, 2.05) is 38.4 Å². The zero-order chi connectivity index (χ0) is 15.2. The molecule has 0 amide bonds. The lowest BCUT2D eigenvalue weighted by atomic mass is 10.1. The van der Waals surface area contributed by atoms with E-state index >= 15 is 0 Å². The number of aromatic nitrogens is 2. The van der Waals surface area contributed by atoms with Crippen molar-refractivity contribution in [1.82, 2.24) is 14.9 Å². The van der Waals surface area contributed by atoms with Gasteiger partial charge in [-0.05, 0) is 27.0 Å². The van der Waals surface area contributed by atoms with Crippen LogP contribution in [0.4, 0.5) is 0 Å². The average Bonchev–Trinajstić information content (AvgIpc) is 2.91. The standard InChI is InChI=1S/C16H23N3O2/c1-12(17-3)15-6-5-14(20-4)11-16(15)21-10-9-19-8-7-18-13(19)2/h5-8,11-12,17H,9-10H2,1-4H3. The Morgan fingerprint density at radius 1 is 1.38 bits per heavy atom. The molecule has 0 radical (unpaired) electrons. The molecule has 1 unspecified atom stereocenters. The SMILES string of the molecule is CNC(C)c1ccc(OC)cc1OCCn1ccnc1C. The fourth-order valence-corrected chi connectivity index (χ4v) is 2.17. The first-order valence-electron chi connectivity index (χ1n) is 7.11. The predicted molar refractivity (Wildman–Crippen MR) is 82.9 cm³/mol. The first-order chi connectivity index (χ1) is 10.2. The number of rotatable bonds is 7. The Bertz CT molecular complexity index is 581. The third-order valence-electron chi connectivity index (χ3n) is 3.63. The van der Waals surface area contributed by atoms with Crippen LogP contribution >= 0.6 is 0 Å². The lowest BCUT2D eigenvalue weighted by molar-refractivity contribution is 0.290. The summed E-state index contributed by atoms with van der Waals surface area (Å²) in [5.41, 5.74) is 1.13. The van der Waals surface area contributed by atoms with Crippen LogP contribution in [-0.4, -0.2) is 30.3 Å². The number of hydrogen-bond acceptors (Lipinski definition) is 4. The van der Waals surface area contributed by atoms with Crippen LogP contribution in [0.15, 0.2) is 30.6 Å². The average molecular weight is 289 g/mol. The van der Waals surface area contributed by atoms with Crippen molar-refractivity contribution in [3.63, 3.8) is 0 Å². The number of benzene rings is 1. The van der Waals surface area contributed by atoms with Gasteiger partial charge in [0.1, 0.15) is 23.9 Å². The van der Waals surface area contributed by atoms with Gasteiger partial charge in [0.2, 0.25) is 0 Å². The van der Waals surface area contributed by atoms with Crippen LogP contribution in [0.25, 0.3) is 0 Å². The van der Waals surface area contributed by atoms with E-state index in [0.29, 0.717) is 6.61 Å². The summed E-state index contributed by atoms with van der Waals surface area (Å²) in [4.78, 5) is 4.21. The van der Waals surface area contributed by atoms with Gasteiger partial charge < -0.3 is 19.4 Å². The molecule has 0 aliphatic heterocycles. The molecule has 0 bridgehead atoms. The van der Waals surface area contributed by atoms with Gasteiger partial charge in [-0.3, -0.25) is 0 Å². The Balaban J connectivity index is 2.08. The zero-order valence-electron chi connectivity index (χ0n) is 13.1. The molecule has 0 spiro atoms. The zero-order valence-corrected chi connectivity index (χ0v) is 13.1. The van der Waals surface area contributed by atoms with Crippen molar-refractivity contribution in [3.05, 3.63) is 42.0 Å². The fraction of sp³-hybridized carbons (Fsp3) is 0.438. The van der Waals surface area contributed by atoms with Crippen molar-refractivity contribution in [3.8, 4) is 11.5 Å². The van der Waals surface area contributed by atoms with Crippen molar-refractivity contribution in [1.29, 1.82) is 0 Å². The number of ether oxygens (including phenoxy) is 2. The molecular weight excluding hydrogens is 266 g/mol. The first-order valence-corrected chi connectivity index (χ1v) is 7.11. The van der Waals surface area contributed by atoms with Crippen molar-refractivity contribution in [2.75, 3.05) is 20.8 Å². The second kappa shape index (κ2) is 7.13. The number of aryl methyl sites for hydroxylation is 1. The summed E-state index contributed by atoms with van der Waals surface area (Å²) in [6.45, 7) is 5.46. The van der Waals surface area contributed by atoms with Gasteiger partial charge in [0, 0.05) is 30.1 Å². The highest BCUT2D eigenvalue weighted by Crippen LogP contribution is 2.29. The van der Waals surface area contributed by atoms with Gasteiger partial charge in [0.15, 0.2) is 0 Å². The van der Waals surface area contributed by atoms with E-state index in [9.17, 15) is 0 Å². The molecule has 0 saturated carbocycles. The molecule has 2 aromatic rings. The molecule has 0 aliphatic rings. The van der Waals surface area contributed by atoms with E-state index < -0.39 is 0 Å². The van der Waals surface area contributed by atoms with Crippen molar-refractivity contribution in [2.45, 2.75) is 26.4 Å². The molecule has 2 rings (SSSR count). The van der Waals surface area contributed by atoms with Gasteiger partial charge in [-0.2, -0.15) is 0 Å². The van der Waals surface area contributed by atoms with Crippen LogP contribution in [0, 0.1) is 6.92 Å². The summed E-state index contributed by atoms with van der Waals surface area (Å²) < 4.78 is 13.3. The molecule has 114 valence electrons. The van der Waals surface area contributed by atoms with Crippen molar-refractivity contribution >= 4 is 0 Å². The fourth-order valence-electron chi connectivity index (χ4n) is 2.17. The van der Waals surface area contributed by atoms with E-state index in [4.69, 9.17) is 9.47 Å². The molecule has 0 fully saturated rings. The van der Waals surface area contributed by atoms with Crippen LogP contribution < -0.4 is 14.8 Å². The van der Waals surface area contributed by atoms with Gasteiger partial charge in [-0.1, -0.05) is 6.07 Å². The molecule has 1 aromatic carbocycles. The van der Waals surface area contributed by atoms with Crippen molar-refractivity contribution < 1.29 is 9.47 Å². The third-order valence-corrected chi connectivity index (χ3v) is 3.63. The molecule has 21 heavy (non-hydrogen) atoms. The normalized spacial score (nSPS) is 12.2. The maximum absolute atomic E-state index is 5.96. The van der Waals surface area contributed by atoms with Gasteiger partial charge in [-0.15, -0.1) is 0 Å². The smallest absolute Gasteiger partial charge is 0.127 e. The number of nitrogens with zero attached hydrogens (tertiary/aromatic N) is 2. The summed E-state index contributed by atoms with van der Waals surface area (Å²) in [6.07, 6.45) is 3.76. The molecule has 1 atom stereocenters. The molecule has 1 heterocycles. The number of hydrogen-bond donors (Lipinski definition) is 1. The first kappa shape index (κ1) is 15.4. The van der Waals surface area contributed by atoms with E-state index in [0.717, 1.165) is 29.4 Å². The largest absolute Gasteiger partial charge is 0.497 e. The van der Waals surface area contributed by atoms with E-state index in [1.165, 1.54) is 0 Å². The van der Waals surface area contributed by atoms with E-state index in [-0.39, 0.29) is 6.04 Å². The summed E-state index contributed by atoms with van der Waals surface area (Å²) in [7, 11) is 3.60. The van der Waals surface area contributed by atoms with Crippen LogP contribution in [0.2, 0.25) is 0 Å². The monoisotopic (exact) mass is 289 g/mol. The lowest BCUT2D eigenvalue weighted by Crippen LogP contribution is -2.15. The molecule has 1 N–H and O–H groups in total. The highest BCUT2D eigenvalue weighted by atomic mass is 16.5. The minimum absolute atomic E-state index is 0.223. The second-order valence-electron chi connectivity index (χ2n) is 4.93. The molecule has 0 saturated heterocycles. The summed E-state index contributed by atoms with van der Waals surface area (Å²) >= 11 is 0. The van der Waals surface area contributed by atoms with Crippen molar-refractivity contribution in [2.24, 2.45) is 0 Å². The molecule has 5 nitrogen and oxygen atoms in total. The summed E-state index contributed by atoms with van der Waals surface area (Å²) in [6, 6.07) is 6.15. The number of imidazole rings is 1. The Morgan fingerprint density at radius 3 is 2.81 bits per heavy atom. The van der Waals surface area contributed by atoms with E-state index in [2.05, 4.69) is 21.8 Å². The minimum Gasteiger partial charge on any atom is -0.497 e. The van der Waals surface area contributed by atoms with Crippen LogP contribution in [0.3, 0.4) is 0 Å². The van der Waals surface area contributed by atoms with Gasteiger partial charge in [0.25, 0.3) is 0 Å². The Labute approximate surface area is 125 Å². The van der Waals surface area contributed by atoms with Crippen LogP contribution in [-0.2, 0) is 6.54 Å². The highest BCUT2D eigenvalue weighted by molar-refractivity contribution is 5.42. The molecule has 0 aliphatic carbocycles. The lowest BCUT2D eigenvalue weighted by Gasteiger charge is -2.18. The second-order valence-corrected chi connectivity index (χ2v) is 4.93. The maximum atomic E-state index is 5.96. The van der Waals surface area contributed by atoms with Crippen LogP contribution in [0.1, 0.15) is 24.4 Å². The Hall–Kier alpha value is -2.01. The maximum Gasteiger partial charge on any atom is 0.127 e. The molecule has 1 aromatic heterocycles. The van der Waals surface area contributed by atoms with Gasteiger partial charge in [-0.25, -0.2) is 4.98 Å². The molecular formula is C16H23N3O2. The van der Waals surface area contributed by atoms with Gasteiger partial charge >= 0.3 is 0 Å². The van der Waals surface area contributed by atoms with Crippen LogP contribution in [0.5, 0.6) is 11.5 Å². The summed E-state index contributed by atoms with van der Waals surface area (Å²) in [5, 5.41) is 3.24.